The van der Waals surface area contributed by atoms with Gasteiger partial charge in [-0.25, -0.2) is 4.79 Å². The van der Waals surface area contributed by atoms with Crippen molar-refractivity contribution in [2.75, 3.05) is 0 Å². The second-order valence-electron chi connectivity index (χ2n) is 3.79. The van der Waals surface area contributed by atoms with Crippen LogP contribution < -0.4 is 0 Å². The molecule has 2 N–H and O–H groups in total. The molecule has 0 saturated carbocycles. The monoisotopic (exact) mass is 267 g/mol. The van der Waals surface area contributed by atoms with Crippen molar-refractivity contribution in [1.82, 2.24) is 0 Å². The maximum Gasteiger partial charge on any atom is 0.343 e. The summed E-state index contributed by atoms with van der Waals surface area (Å²) >= 11 is 5.73. The molecule has 0 radical (unpaired) electrons. The van der Waals surface area contributed by atoms with Gasteiger partial charge in [0.25, 0.3) is 0 Å². The summed E-state index contributed by atoms with van der Waals surface area (Å²) in [7, 11) is 0. The van der Waals surface area contributed by atoms with Crippen molar-refractivity contribution >= 4 is 23.3 Å². The van der Waals surface area contributed by atoms with E-state index in [1.165, 1.54) is 13.8 Å². The first kappa shape index (κ1) is 14.3. The SMILES string of the molecule is CC(=N)/C(C(=O)OCc1ccc(Cl)cc1)=C(\C)O. The maximum absolute atomic E-state index is 11.7. The van der Waals surface area contributed by atoms with Gasteiger partial charge in [-0.3, -0.25) is 0 Å². The van der Waals surface area contributed by atoms with Gasteiger partial charge in [-0.05, 0) is 31.5 Å². The van der Waals surface area contributed by atoms with Crippen LogP contribution in [-0.4, -0.2) is 16.8 Å². The molecule has 0 aliphatic heterocycles. The Balaban J connectivity index is 2.69. The minimum Gasteiger partial charge on any atom is -0.512 e. The number of aliphatic hydroxyl groups is 1. The van der Waals surface area contributed by atoms with Crippen LogP contribution in [-0.2, 0) is 16.1 Å². The molecule has 1 aromatic rings. The Labute approximate surface area is 110 Å². The van der Waals surface area contributed by atoms with E-state index in [9.17, 15) is 9.90 Å². The van der Waals surface area contributed by atoms with Gasteiger partial charge in [0.05, 0.1) is 0 Å². The highest BCUT2D eigenvalue weighted by molar-refractivity contribution is 6.30. The van der Waals surface area contributed by atoms with Crippen LogP contribution in [0.5, 0.6) is 0 Å². The number of hydrogen-bond donors (Lipinski definition) is 2. The lowest BCUT2D eigenvalue weighted by Gasteiger charge is -2.08. The van der Waals surface area contributed by atoms with Gasteiger partial charge in [-0.15, -0.1) is 0 Å². The third kappa shape index (κ3) is 3.89. The summed E-state index contributed by atoms with van der Waals surface area (Å²) < 4.78 is 5.01. The first-order valence-corrected chi connectivity index (χ1v) is 5.66. The normalized spacial score (nSPS) is 11.7. The van der Waals surface area contributed by atoms with Gasteiger partial charge in [-0.1, -0.05) is 23.7 Å². The fourth-order valence-electron chi connectivity index (χ4n) is 1.37. The predicted octanol–water partition coefficient (Wildman–Crippen LogP) is 3.25. The van der Waals surface area contributed by atoms with Gasteiger partial charge in [0.2, 0.25) is 0 Å². The molecule has 0 aromatic heterocycles. The molecule has 0 aliphatic rings. The van der Waals surface area contributed by atoms with Crippen LogP contribution in [0.4, 0.5) is 0 Å². The van der Waals surface area contributed by atoms with Crippen molar-refractivity contribution in [3.05, 3.63) is 46.2 Å². The maximum atomic E-state index is 11.7. The second-order valence-corrected chi connectivity index (χ2v) is 4.22. The summed E-state index contributed by atoms with van der Waals surface area (Å²) in [5, 5.41) is 17.3. The Morgan fingerprint density at radius 3 is 2.33 bits per heavy atom. The summed E-state index contributed by atoms with van der Waals surface area (Å²) in [6.45, 7) is 2.83. The van der Waals surface area contributed by atoms with Crippen LogP contribution in [0, 0.1) is 5.41 Å². The largest absolute Gasteiger partial charge is 0.512 e. The molecule has 96 valence electrons. The molecular formula is C13H14ClNO3. The molecule has 0 saturated heterocycles. The number of rotatable bonds is 4. The van der Waals surface area contributed by atoms with Gasteiger partial charge in [0, 0.05) is 10.7 Å². The lowest BCUT2D eigenvalue weighted by molar-refractivity contribution is -0.139. The van der Waals surface area contributed by atoms with Crippen LogP contribution in [0.25, 0.3) is 0 Å². The van der Waals surface area contributed by atoms with E-state index in [-0.39, 0.29) is 23.7 Å². The minimum atomic E-state index is -0.711. The minimum absolute atomic E-state index is 0.0314. The zero-order chi connectivity index (χ0) is 13.7. The molecular weight excluding hydrogens is 254 g/mol. The van der Waals surface area contributed by atoms with Crippen LogP contribution in [0.2, 0.25) is 5.02 Å². The Bertz CT molecular complexity index is 487. The van der Waals surface area contributed by atoms with Crippen molar-refractivity contribution in [2.24, 2.45) is 0 Å². The van der Waals surface area contributed by atoms with E-state index in [2.05, 4.69) is 0 Å². The van der Waals surface area contributed by atoms with Crippen LogP contribution >= 0.6 is 11.6 Å². The average Bonchev–Trinajstić information content (AvgIpc) is 2.27. The third-order valence-electron chi connectivity index (χ3n) is 2.22. The molecule has 0 amide bonds. The molecule has 1 rings (SSSR count). The number of aliphatic hydroxyl groups excluding tert-OH is 1. The molecule has 0 aliphatic carbocycles. The van der Waals surface area contributed by atoms with E-state index in [4.69, 9.17) is 21.7 Å². The highest BCUT2D eigenvalue weighted by atomic mass is 35.5. The number of benzene rings is 1. The van der Waals surface area contributed by atoms with Crippen molar-refractivity contribution < 1.29 is 14.6 Å². The summed E-state index contributed by atoms with van der Waals surface area (Å²) in [5.41, 5.74) is 0.644. The summed E-state index contributed by atoms with van der Waals surface area (Å²) in [6, 6.07) is 6.87. The third-order valence-corrected chi connectivity index (χ3v) is 2.48. The number of carbonyl (C=O) groups is 1. The fourth-order valence-corrected chi connectivity index (χ4v) is 1.50. The van der Waals surface area contributed by atoms with Gasteiger partial charge >= 0.3 is 5.97 Å². The van der Waals surface area contributed by atoms with Crippen LogP contribution in [0.15, 0.2) is 35.6 Å². The van der Waals surface area contributed by atoms with E-state index >= 15 is 0 Å². The predicted molar refractivity (Wildman–Crippen MR) is 70.0 cm³/mol. The lowest BCUT2D eigenvalue weighted by Crippen LogP contribution is -2.15. The van der Waals surface area contributed by atoms with Crippen molar-refractivity contribution in [1.29, 1.82) is 5.41 Å². The second kappa shape index (κ2) is 6.21. The molecule has 0 unspecified atom stereocenters. The molecule has 0 atom stereocenters. The summed E-state index contributed by atoms with van der Waals surface area (Å²) in [4.78, 5) is 11.7. The molecule has 5 heteroatoms. The van der Waals surface area contributed by atoms with E-state index in [0.717, 1.165) is 5.56 Å². The van der Waals surface area contributed by atoms with Crippen LogP contribution in [0.1, 0.15) is 19.4 Å². The number of halogens is 1. The van der Waals surface area contributed by atoms with E-state index in [0.29, 0.717) is 5.02 Å². The number of ether oxygens (including phenoxy) is 1. The Hall–Kier alpha value is -1.81. The van der Waals surface area contributed by atoms with Crippen molar-refractivity contribution in [2.45, 2.75) is 20.5 Å². The average molecular weight is 268 g/mol. The summed E-state index contributed by atoms with van der Waals surface area (Å²) in [5.74, 6) is -0.930. The Morgan fingerprint density at radius 1 is 1.33 bits per heavy atom. The Morgan fingerprint density at radius 2 is 1.89 bits per heavy atom. The highest BCUT2D eigenvalue weighted by Gasteiger charge is 2.16. The molecule has 18 heavy (non-hydrogen) atoms. The topological polar surface area (TPSA) is 70.4 Å². The number of allylic oxidation sites excluding steroid dienone is 1. The van der Waals surface area contributed by atoms with Gasteiger partial charge in [0.15, 0.2) is 0 Å². The highest BCUT2D eigenvalue weighted by Crippen LogP contribution is 2.12. The smallest absolute Gasteiger partial charge is 0.343 e. The molecule has 0 spiro atoms. The molecule has 0 heterocycles. The number of carbonyl (C=O) groups excluding carboxylic acids is 1. The van der Waals surface area contributed by atoms with Crippen LogP contribution in [0.3, 0.4) is 0 Å². The van der Waals surface area contributed by atoms with Crippen molar-refractivity contribution in [3.8, 4) is 0 Å². The van der Waals surface area contributed by atoms with Crippen molar-refractivity contribution in [3.63, 3.8) is 0 Å². The van der Waals surface area contributed by atoms with E-state index in [1.807, 2.05) is 0 Å². The molecule has 0 bridgehead atoms. The van der Waals surface area contributed by atoms with Gasteiger partial charge in [0.1, 0.15) is 17.9 Å². The Kier molecular flexibility index (Phi) is 4.92. The zero-order valence-corrected chi connectivity index (χ0v) is 10.9. The van der Waals surface area contributed by atoms with E-state index in [1.54, 1.807) is 24.3 Å². The lowest BCUT2D eigenvalue weighted by atomic mass is 10.1. The first-order chi connectivity index (χ1) is 8.41. The number of hydrogen-bond acceptors (Lipinski definition) is 4. The fraction of sp³-hybridized carbons (Fsp3) is 0.231. The molecule has 4 nitrogen and oxygen atoms in total. The standard InChI is InChI=1S/C13H14ClNO3/c1-8(15)12(9(2)16)13(17)18-7-10-3-5-11(14)6-4-10/h3-6,15-16H,7H2,1-2H3/b12-9-,15-8?. The van der Waals surface area contributed by atoms with Gasteiger partial charge < -0.3 is 15.3 Å². The molecule has 0 fully saturated rings. The first-order valence-electron chi connectivity index (χ1n) is 5.28. The quantitative estimate of drug-likeness (QED) is 0.381. The van der Waals surface area contributed by atoms with E-state index < -0.39 is 5.97 Å². The molecule has 1 aromatic carbocycles. The number of esters is 1. The summed E-state index contributed by atoms with van der Waals surface area (Å²) in [6.07, 6.45) is 0. The zero-order valence-electron chi connectivity index (χ0n) is 10.2. The van der Waals surface area contributed by atoms with Gasteiger partial charge in [-0.2, -0.15) is 0 Å². The number of nitrogens with one attached hydrogen (secondary N) is 1.